The molecule has 2 fully saturated rings. The van der Waals surface area contributed by atoms with Gasteiger partial charge in [-0.3, -0.25) is 19.2 Å². The number of nitrogens with one attached hydrogen (secondary N) is 2. The van der Waals surface area contributed by atoms with Crippen molar-refractivity contribution in [3.63, 3.8) is 0 Å². The fraction of sp³-hybridized carbons (Fsp3) is 0.600. The Bertz CT molecular complexity index is 901. The minimum Gasteiger partial charge on any atom is -0.377 e. The number of anilines is 1. The largest absolute Gasteiger partial charge is 0.377 e. The van der Waals surface area contributed by atoms with Crippen LogP contribution in [0.25, 0.3) is 0 Å². The zero-order chi connectivity index (χ0) is 25.9. The molecule has 2 aliphatic rings. The first-order valence-corrected chi connectivity index (χ1v) is 12.4. The second-order valence-electron chi connectivity index (χ2n) is 9.15. The van der Waals surface area contributed by atoms with E-state index in [0.29, 0.717) is 51.6 Å². The summed E-state index contributed by atoms with van der Waals surface area (Å²) in [4.78, 5) is 50.9. The second-order valence-corrected chi connectivity index (χ2v) is 9.15. The van der Waals surface area contributed by atoms with E-state index in [0.717, 1.165) is 31.6 Å². The summed E-state index contributed by atoms with van der Waals surface area (Å²) in [6.07, 6.45) is 1.80. The van der Waals surface area contributed by atoms with Gasteiger partial charge in [-0.05, 0) is 37.1 Å². The Morgan fingerprint density at radius 3 is 1.97 bits per heavy atom. The number of nitrogens with two attached hydrogens (primary N) is 1. The molecule has 198 valence electrons. The molecule has 0 saturated carbocycles. The fourth-order valence-corrected chi connectivity index (χ4v) is 4.38. The summed E-state index contributed by atoms with van der Waals surface area (Å²) >= 11 is 0. The number of likely N-dealkylation sites (tertiary alicyclic amines) is 1. The first kappa shape index (κ1) is 27.4. The van der Waals surface area contributed by atoms with Gasteiger partial charge in [0.05, 0.1) is 32.3 Å². The van der Waals surface area contributed by atoms with Gasteiger partial charge in [0, 0.05) is 63.4 Å². The van der Waals surface area contributed by atoms with Crippen molar-refractivity contribution in [1.29, 1.82) is 0 Å². The van der Waals surface area contributed by atoms with Gasteiger partial charge in [-0.1, -0.05) is 0 Å². The van der Waals surface area contributed by atoms with Gasteiger partial charge in [0.15, 0.2) is 0 Å². The van der Waals surface area contributed by atoms with Crippen LogP contribution in [0, 0.1) is 11.8 Å². The van der Waals surface area contributed by atoms with Crippen molar-refractivity contribution in [2.45, 2.75) is 19.3 Å². The van der Waals surface area contributed by atoms with Gasteiger partial charge in [0.1, 0.15) is 0 Å². The number of amides is 4. The van der Waals surface area contributed by atoms with Gasteiger partial charge in [-0.2, -0.15) is 0 Å². The highest BCUT2D eigenvalue weighted by Gasteiger charge is 2.31. The minimum absolute atomic E-state index is 0.00406. The number of carbonyl (C=O) groups excluding carboxylic acids is 4. The molecule has 2 saturated heterocycles. The lowest BCUT2D eigenvalue weighted by Crippen LogP contribution is -2.41. The van der Waals surface area contributed by atoms with Crippen LogP contribution in [0.3, 0.4) is 0 Å². The number of nitrogens with zero attached hydrogens (tertiary/aromatic N) is 2. The molecule has 2 heterocycles. The summed E-state index contributed by atoms with van der Waals surface area (Å²) in [6, 6.07) is 7.21. The second kappa shape index (κ2) is 13.8. The van der Waals surface area contributed by atoms with E-state index in [1.165, 1.54) is 0 Å². The van der Waals surface area contributed by atoms with Crippen molar-refractivity contribution < 1.29 is 28.7 Å². The monoisotopic (exact) mass is 503 g/mol. The zero-order valence-corrected chi connectivity index (χ0v) is 20.9. The van der Waals surface area contributed by atoms with Crippen LogP contribution in [0.15, 0.2) is 24.3 Å². The number of ether oxygens (including phenoxy) is 2. The highest BCUT2D eigenvalue weighted by atomic mass is 16.5. The molecular formula is C25H37N5O6. The Labute approximate surface area is 211 Å². The lowest BCUT2D eigenvalue weighted by Gasteiger charge is -2.33. The van der Waals surface area contributed by atoms with Gasteiger partial charge in [0.25, 0.3) is 0 Å². The van der Waals surface area contributed by atoms with E-state index in [-0.39, 0.29) is 36.0 Å². The van der Waals surface area contributed by atoms with Crippen molar-refractivity contribution in [2.24, 2.45) is 17.6 Å². The van der Waals surface area contributed by atoms with E-state index in [9.17, 15) is 19.2 Å². The first-order chi connectivity index (χ1) is 17.3. The van der Waals surface area contributed by atoms with E-state index in [1.807, 2.05) is 12.1 Å². The van der Waals surface area contributed by atoms with Crippen LogP contribution in [0.1, 0.15) is 29.6 Å². The number of piperidine rings is 1. The van der Waals surface area contributed by atoms with E-state index < -0.39 is 5.91 Å². The van der Waals surface area contributed by atoms with Crippen LogP contribution in [0.5, 0.6) is 0 Å². The molecule has 1 aromatic rings. The van der Waals surface area contributed by atoms with Crippen molar-refractivity contribution in [3.8, 4) is 0 Å². The predicted octanol–water partition coefficient (Wildman–Crippen LogP) is -0.254. The number of benzene rings is 1. The lowest BCUT2D eigenvalue weighted by molar-refractivity contribution is -0.128. The van der Waals surface area contributed by atoms with Gasteiger partial charge in [0.2, 0.25) is 23.6 Å². The number of carbonyl (C=O) groups is 4. The Hall–Kier alpha value is -3.18. The summed E-state index contributed by atoms with van der Waals surface area (Å²) in [5, 5.41) is 5.72. The van der Waals surface area contributed by atoms with E-state index in [1.54, 1.807) is 24.1 Å². The molecule has 11 heteroatoms. The molecule has 0 aliphatic carbocycles. The molecule has 0 spiro atoms. The molecule has 1 atom stereocenters. The number of hydrogen-bond donors (Lipinski definition) is 3. The van der Waals surface area contributed by atoms with Crippen LogP contribution in [-0.2, 0) is 23.9 Å². The third-order valence-electron chi connectivity index (χ3n) is 6.56. The summed E-state index contributed by atoms with van der Waals surface area (Å²) in [5.41, 5.74) is 6.79. The Balaban J connectivity index is 1.16. The first-order valence-electron chi connectivity index (χ1n) is 12.4. The van der Waals surface area contributed by atoms with Crippen LogP contribution in [-0.4, -0.2) is 94.7 Å². The molecular weight excluding hydrogens is 466 g/mol. The maximum Gasteiger partial charge on any atom is 0.248 e. The molecule has 0 aromatic heterocycles. The molecule has 2 aliphatic heterocycles. The van der Waals surface area contributed by atoms with Crippen LogP contribution in [0.4, 0.5) is 5.69 Å². The normalized spacial score (nSPS) is 18.4. The summed E-state index contributed by atoms with van der Waals surface area (Å²) in [6.45, 7) is 4.42. The van der Waals surface area contributed by atoms with Gasteiger partial charge in [-0.25, -0.2) is 0 Å². The molecule has 0 radical (unpaired) electrons. The highest BCUT2D eigenvalue weighted by Crippen LogP contribution is 2.23. The number of rotatable bonds is 13. The zero-order valence-electron chi connectivity index (χ0n) is 20.9. The quantitative estimate of drug-likeness (QED) is 0.315. The SMILES string of the molecule is CN1CC(C(=O)NCCOCCOCCNC(=O)C2CCN(c3ccc(C(N)=O)cc3)CC2)CC1=O. The molecule has 1 unspecified atom stereocenters. The van der Waals surface area contributed by atoms with Gasteiger partial charge < -0.3 is 35.6 Å². The molecule has 1 aromatic carbocycles. The van der Waals surface area contributed by atoms with Crippen LogP contribution in [0.2, 0.25) is 0 Å². The molecule has 0 bridgehead atoms. The van der Waals surface area contributed by atoms with Crippen molar-refractivity contribution >= 4 is 29.3 Å². The summed E-state index contributed by atoms with van der Waals surface area (Å²) in [7, 11) is 1.70. The van der Waals surface area contributed by atoms with Gasteiger partial charge in [-0.15, -0.1) is 0 Å². The number of hydrogen-bond acceptors (Lipinski definition) is 7. The average molecular weight is 504 g/mol. The average Bonchev–Trinajstić information content (AvgIpc) is 3.23. The molecule has 11 nitrogen and oxygen atoms in total. The van der Waals surface area contributed by atoms with Crippen molar-refractivity contribution in [1.82, 2.24) is 15.5 Å². The Kier molecular flexibility index (Phi) is 10.5. The smallest absolute Gasteiger partial charge is 0.248 e. The molecule has 36 heavy (non-hydrogen) atoms. The Morgan fingerprint density at radius 1 is 0.917 bits per heavy atom. The molecule has 4 amide bonds. The molecule has 4 N–H and O–H groups in total. The van der Waals surface area contributed by atoms with E-state index in [2.05, 4.69) is 15.5 Å². The summed E-state index contributed by atoms with van der Waals surface area (Å²) in [5.74, 6) is -0.821. The Morgan fingerprint density at radius 2 is 1.47 bits per heavy atom. The maximum atomic E-state index is 12.4. The van der Waals surface area contributed by atoms with Gasteiger partial charge >= 0.3 is 0 Å². The predicted molar refractivity (Wildman–Crippen MR) is 133 cm³/mol. The topological polar surface area (TPSA) is 143 Å². The van der Waals surface area contributed by atoms with Crippen molar-refractivity contribution in [3.05, 3.63) is 29.8 Å². The van der Waals surface area contributed by atoms with Crippen molar-refractivity contribution in [2.75, 3.05) is 71.1 Å². The third kappa shape index (κ3) is 8.20. The lowest BCUT2D eigenvalue weighted by atomic mass is 9.95. The fourth-order valence-electron chi connectivity index (χ4n) is 4.38. The molecule has 3 rings (SSSR count). The maximum absolute atomic E-state index is 12.4. The summed E-state index contributed by atoms with van der Waals surface area (Å²) < 4.78 is 10.9. The van der Waals surface area contributed by atoms with Crippen LogP contribution >= 0.6 is 0 Å². The third-order valence-corrected chi connectivity index (χ3v) is 6.56. The number of primary amides is 1. The highest BCUT2D eigenvalue weighted by molar-refractivity contribution is 5.93. The minimum atomic E-state index is -0.442. The van der Waals surface area contributed by atoms with Crippen LogP contribution < -0.4 is 21.3 Å². The standard InChI is InChI=1S/C25H37N5O6/c1-29-17-20(16-22(29)31)25(34)28-9-13-36-15-14-35-12-8-27-24(33)19-6-10-30(11-7-19)21-4-2-18(3-5-21)23(26)32/h2-5,19-20H,6-17H2,1H3,(H2,26,32)(H,27,33)(H,28,34). The van der Waals surface area contributed by atoms with E-state index >= 15 is 0 Å². The van der Waals surface area contributed by atoms with E-state index in [4.69, 9.17) is 15.2 Å².